The second kappa shape index (κ2) is 10.2. The quantitative estimate of drug-likeness (QED) is 0.487. The normalized spacial score (nSPS) is 15.8. The van der Waals surface area contributed by atoms with Crippen LogP contribution in [0, 0.1) is 5.92 Å². The van der Waals surface area contributed by atoms with Crippen molar-refractivity contribution < 1.29 is 23.8 Å². The summed E-state index contributed by atoms with van der Waals surface area (Å²) in [7, 11) is 4.57. The fourth-order valence-corrected chi connectivity index (χ4v) is 4.15. The summed E-state index contributed by atoms with van der Waals surface area (Å²) in [6.45, 7) is 0.863. The van der Waals surface area contributed by atoms with Crippen molar-refractivity contribution in [1.29, 1.82) is 0 Å². The molecule has 160 valence electrons. The van der Waals surface area contributed by atoms with E-state index < -0.39 is 5.92 Å². The Labute approximate surface area is 180 Å². The van der Waals surface area contributed by atoms with Crippen LogP contribution in [0.1, 0.15) is 6.42 Å². The molecular formula is C22H26N2O5S. The highest BCUT2D eigenvalue weighted by atomic mass is 32.2. The summed E-state index contributed by atoms with van der Waals surface area (Å²) in [6, 6.07) is 13.5. The molecule has 0 saturated carbocycles. The predicted molar refractivity (Wildman–Crippen MR) is 117 cm³/mol. The number of amides is 2. The number of carbonyl (C=O) groups is 2. The first-order valence-electron chi connectivity index (χ1n) is 9.63. The summed E-state index contributed by atoms with van der Waals surface area (Å²) in [6.07, 6.45) is 0.175. The molecule has 1 atom stereocenters. The molecule has 7 nitrogen and oxygen atoms in total. The fourth-order valence-electron chi connectivity index (χ4n) is 3.36. The lowest BCUT2D eigenvalue weighted by atomic mass is 10.1. The van der Waals surface area contributed by atoms with Crippen molar-refractivity contribution in [2.24, 2.45) is 5.92 Å². The number of ether oxygens (including phenoxy) is 3. The summed E-state index contributed by atoms with van der Waals surface area (Å²) >= 11 is 1.68. The Morgan fingerprint density at radius 2 is 1.77 bits per heavy atom. The number of thioether (sulfide) groups is 1. The average Bonchev–Trinajstić information content (AvgIpc) is 3.17. The van der Waals surface area contributed by atoms with Gasteiger partial charge >= 0.3 is 0 Å². The Morgan fingerprint density at radius 1 is 1.10 bits per heavy atom. The maximum absolute atomic E-state index is 12.6. The van der Waals surface area contributed by atoms with E-state index in [1.165, 1.54) is 21.3 Å². The van der Waals surface area contributed by atoms with Crippen molar-refractivity contribution in [3.8, 4) is 17.2 Å². The predicted octanol–water partition coefficient (Wildman–Crippen LogP) is 2.97. The fraction of sp³-hybridized carbons (Fsp3) is 0.364. The van der Waals surface area contributed by atoms with Crippen LogP contribution in [0.15, 0.2) is 47.4 Å². The molecule has 30 heavy (non-hydrogen) atoms. The van der Waals surface area contributed by atoms with E-state index in [-0.39, 0.29) is 18.2 Å². The Balaban J connectivity index is 1.60. The molecule has 2 aromatic carbocycles. The van der Waals surface area contributed by atoms with Crippen LogP contribution in [0.5, 0.6) is 17.2 Å². The van der Waals surface area contributed by atoms with Gasteiger partial charge < -0.3 is 24.4 Å². The molecule has 0 radical (unpaired) electrons. The highest BCUT2D eigenvalue weighted by molar-refractivity contribution is 7.99. The molecular weight excluding hydrogens is 404 g/mol. The highest BCUT2D eigenvalue weighted by Crippen LogP contribution is 2.42. The lowest BCUT2D eigenvalue weighted by molar-refractivity contribution is -0.126. The summed E-state index contributed by atoms with van der Waals surface area (Å²) in [5.74, 6) is 1.55. The van der Waals surface area contributed by atoms with Crippen molar-refractivity contribution in [1.82, 2.24) is 5.32 Å². The van der Waals surface area contributed by atoms with Crippen molar-refractivity contribution in [2.75, 3.05) is 45.1 Å². The summed E-state index contributed by atoms with van der Waals surface area (Å²) in [4.78, 5) is 27.9. The molecule has 0 aromatic heterocycles. The van der Waals surface area contributed by atoms with E-state index >= 15 is 0 Å². The summed E-state index contributed by atoms with van der Waals surface area (Å²) in [5, 5.41) is 2.94. The number of methoxy groups -OCH3 is 3. The van der Waals surface area contributed by atoms with E-state index in [1.807, 2.05) is 30.3 Å². The Hall–Kier alpha value is -2.87. The van der Waals surface area contributed by atoms with Gasteiger partial charge in [-0.3, -0.25) is 9.59 Å². The Morgan fingerprint density at radius 3 is 2.37 bits per heavy atom. The highest BCUT2D eigenvalue weighted by Gasteiger charge is 2.35. The van der Waals surface area contributed by atoms with Gasteiger partial charge in [-0.05, 0) is 12.1 Å². The number of anilines is 1. The van der Waals surface area contributed by atoms with Crippen molar-refractivity contribution >= 4 is 29.3 Å². The lowest BCUT2D eigenvalue weighted by Gasteiger charge is -2.20. The molecule has 0 spiro atoms. The monoisotopic (exact) mass is 430 g/mol. The second-order valence-electron chi connectivity index (χ2n) is 6.74. The first-order chi connectivity index (χ1) is 14.6. The third-order valence-electron chi connectivity index (χ3n) is 4.87. The molecule has 8 heteroatoms. The first-order valence-corrected chi connectivity index (χ1v) is 10.6. The van der Waals surface area contributed by atoms with Crippen LogP contribution >= 0.6 is 11.8 Å². The zero-order chi connectivity index (χ0) is 21.5. The van der Waals surface area contributed by atoms with Gasteiger partial charge in [-0.2, -0.15) is 0 Å². The molecule has 0 bridgehead atoms. The Kier molecular flexibility index (Phi) is 7.46. The average molecular weight is 431 g/mol. The van der Waals surface area contributed by atoms with Crippen molar-refractivity contribution in [2.45, 2.75) is 11.3 Å². The zero-order valence-corrected chi connectivity index (χ0v) is 18.2. The number of benzene rings is 2. The van der Waals surface area contributed by atoms with Gasteiger partial charge in [-0.1, -0.05) is 18.2 Å². The van der Waals surface area contributed by atoms with Crippen LogP contribution in [-0.2, 0) is 9.59 Å². The van der Waals surface area contributed by atoms with E-state index in [1.54, 1.807) is 28.8 Å². The molecule has 1 N–H and O–H groups in total. The number of hydrogen-bond acceptors (Lipinski definition) is 6. The summed E-state index contributed by atoms with van der Waals surface area (Å²) in [5.41, 5.74) is 0.615. The van der Waals surface area contributed by atoms with Gasteiger partial charge in [0.2, 0.25) is 17.6 Å². The number of rotatable bonds is 9. The molecule has 3 rings (SSSR count). The van der Waals surface area contributed by atoms with Gasteiger partial charge in [0.05, 0.1) is 32.9 Å². The largest absolute Gasteiger partial charge is 0.493 e. The lowest BCUT2D eigenvalue weighted by Crippen LogP contribution is -2.34. The third kappa shape index (κ3) is 4.99. The smallest absolute Gasteiger partial charge is 0.227 e. The minimum Gasteiger partial charge on any atom is -0.493 e. The van der Waals surface area contributed by atoms with Crippen molar-refractivity contribution in [3.05, 3.63) is 42.5 Å². The van der Waals surface area contributed by atoms with Gasteiger partial charge in [0.1, 0.15) is 0 Å². The summed E-state index contributed by atoms with van der Waals surface area (Å²) < 4.78 is 16.1. The maximum Gasteiger partial charge on any atom is 0.227 e. The molecule has 2 aromatic rings. The van der Waals surface area contributed by atoms with E-state index in [9.17, 15) is 9.59 Å². The van der Waals surface area contributed by atoms with Crippen LogP contribution in [0.2, 0.25) is 0 Å². The van der Waals surface area contributed by atoms with Crippen LogP contribution in [-0.4, -0.2) is 52.0 Å². The molecule has 1 saturated heterocycles. The first kappa shape index (κ1) is 21.8. The van der Waals surface area contributed by atoms with Gasteiger partial charge in [0, 0.05) is 42.3 Å². The van der Waals surface area contributed by atoms with Gasteiger partial charge in [0.15, 0.2) is 11.5 Å². The number of carbonyl (C=O) groups excluding carboxylic acids is 2. The topological polar surface area (TPSA) is 77.1 Å². The number of hydrogen-bond donors (Lipinski definition) is 1. The molecule has 1 heterocycles. The van der Waals surface area contributed by atoms with Crippen LogP contribution in [0.4, 0.5) is 5.69 Å². The second-order valence-corrected chi connectivity index (χ2v) is 7.91. The van der Waals surface area contributed by atoms with E-state index in [0.29, 0.717) is 36.0 Å². The van der Waals surface area contributed by atoms with Crippen LogP contribution in [0.3, 0.4) is 0 Å². The van der Waals surface area contributed by atoms with Gasteiger partial charge in [-0.15, -0.1) is 11.8 Å². The molecule has 0 aliphatic carbocycles. The van der Waals surface area contributed by atoms with Crippen molar-refractivity contribution in [3.63, 3.8) is 0 Å². The van der Waals surface area contributed by atoms with Gasteiger partial charge in [0.25, 0.3) is 0 Å². The van der Waals surface area contributed by atoms with Crippen LogP contribution < -0.4 is 24.4 Å². The minimum absolute atomic E-state index is 0.105. The molecule has 1 unspecified atom stereocenters. The maximum atomic E-state index is 12.6. The molecule has 1 fully saturated rings. The SMILES string of the molecule is COc1cc(N2CC(C(=O)NCCSc3ccccc3)CC2=O)cc(OC)c1OC. The molecule has 1 aliphatic heterocycles. The molecule has 2 amide bonds. The van der Waals surface area contributed by atoms with E-state index in [2.05, 4.69) is 5.32 Å². The van der Waals surface area contributed by atoms with E-state index in [0.717, 1.165) is 10.6 Å². The Bertz CT molecular complexity index is 865. The number of nitrogens with one attached hydrogen (secondary N) is 1. The van der Waals surface area contributed by atoms with E-state index in [4.69, 9.17) is 14.2 Å². The van der Waals surface area contributed by atoms with Crippen LogP contribution in [0.25, 0.3) is 0 Å². The standard InChI is InChI=1S/C22H26N2O5S/c1-27-18-12-16(13-19(28-2)21(18)29-3)24-14-15(11-20(24)25)22(26)23-9-10-30-17-7-5-4-6-8-17/h4-8,12-13,15H,9-11,14H2,1-3H3,(H,23,26). The third-order valence-corrected chi connectivity index (χ3v) is 5.88. The minimum atomic E-state index is -0.390. The number of nitrogens with zero attached hydrogens (tertiary/aromatic N) is 1. The zero-order valence-electron chi connectivity index (χ0n) is 17.3. The molecule has 1 aliphatic rings. The van der Waals surface area contributed by atoms with Gasteiger partial charge in [-0.25, -0.2) is 0 Å².